The third-order valence-corrected chi connectivity index (χ3v) is 5.31. The summed E-state index contributed by atoms with van der Waals surface area (Å²) in [5.74, 6) is -0.410. The molecule has 0 unspecified atom stereocenters. The second-order valence-corrected chi connectivity index (χ2v) is 7.73. The predicted octanol–water partition coefficient (Wildman–Crippen LogP) is 4.58. The molecule has 2 aromatic carbocycles. The van der Waals surface area contributed by atoms with E-state index < -0.39 is 11.4 Å². The molecule has 1 heterocycles. The fourth-order valence-corrected chi connectivity index (χ4v) is 3.72. The van der Waals surface area contributed by atoms with Gasteiger partial charge in [-0.1, -0.05) is 42.0 Å². The van der Waals surface area contributed by atoms with Gasteiger partial charge in [-0.15, -0.1) is 4.74 Å². The number of rotatable bonds is 6. The van der Waals surface area contributed by atoms with Gasteiger partial charge in [-0.05, 0) is 66.8 Å². The van der Waals surface area contributed by atoms with E-state index in [1.54, 1.807) is 30.3 Å². The number of ether oxygens (including phenoxy) is 1. The minimum absolute atomic E-state index is 0.134. The van der Waals surface area contributed by atoms with Crippen LogP contribution in [0.4, 0.5) is 4.39 Å². The fourth-order valence-electron chi connectivity index (χ4n) is 3.72. The average Bonchev–Trinajstić information content (AvgIpc) is 2.98. The van der Waals surface area contributed by atoms with Gasteiger partial charge in [-0.25, -0.2) is 19.0 Å². The van der Waals surface area contributed by atoms with E-state index in [-0.39, 0.29) is 19.0 Å². The van der Waals surface area contributed by atoms with Gasteiger partial charge in [0.25, 0.3) is 0 Å². The Morgan fingerprint density at radius 2 is 1.84 bits per heavy atom. The second-order valence-electron chi connectivity index (χ2n) is 7.73. The van der Waals surface area contributed by atoms with Crippen molar-refractivity contribution < 1.29 is 13.7 Å². The SMILES string of the molecule is CC1=CC=CCC(C)=C1c1cc(COc2ccc(Cn3oc(=O)[nH]c3=O)cc2)ccc1F. The fraction of sp³-hybridized carbons (Fsp3) is 0.200. The molecule has 0 amide bonds. The molecule has 3 aromatic rings. The summed E-state index contributed by atoms with van der Waals surface area (Å²) in [4.78, 5) is 24.7. The van der Waals surface area contributed by atoms with Crippen molar-refractivity contribution in [2.45, 2.75) is 33.4 Å². The zero-order valence-electron chi connectivity index (χ0n) is 17.9. The first-order valence-corrected chi connectivity index (χ1v) is 10.3. The summed E-state index contributed by atoms with van der Waals surface area (Å²) in [5, 5.41) is 0. The molecule has 1 aliphatic carbocycles. The molecule has 0 spiro atoms. The molecule has 0 bridgehead atoms. The normalized spacial score (nSPS) is 13.8. The van der Waals surface area contributed by atoms with E-state index in [0.717, 1.165) is 39.0 Å². The van der Waals surface area contributed by atoms with Gasteiger partial charge >= 0.3 is 11.4 Å². The molecule has 6 nitrogen and oxygen atoms in total. The van der Waals surface area contributed by atoms with Crippen molar-refractivity contribution in [3.8, 4) is 5.75 Å². The lowest BCUT2D eigenvalue weighted by atomic mass is 9.92. The smallest absolute Gasteiger partial charge is 0.440 e. The van der Waals surface area contributed by atoms with Crippen molar-refractivity contribution >= 4 is 5.57 Å². The van der Waals surface area contributed by atoms with Gasteiger partial charge in [0.2, 0.25) is 0 Å². The quantitative estimate of drug-likeness (QED) is 0.616. The van der Waals surface area contributed by atoms with Gasteiger partial charge < -0.3 is 9.26 Å². The van der Waals surface area contributed by atoms with Gasteiger partial charge in [-0.3, -0.25) is 0 Å². The number of benzene rings is 2. The Kier molecular flexibility index (Phi) is 6.07. The number of hydrogen-bond acceptors (Lipinski definition) is 4. The molecule has 4 rings (SSSR count). The number of nitrogens with zero attached hydrogens (tertiary/aromatic N) is 1. The molecule has 1 N–H and O–H groups in total. The summed E-state index contributed by atoms with van der Waals surface area (Å²) in [6.45, 7) is 4.44. The minimum Gasteiger partial charge on any atom is -0.489 e. The van der Waals surface area contributed by atoms with Crippen LogP contribution in [0.3, 0.4) is 0 Å². The van der Waals surface area contributed by atoms with E-state index in [0.29, 0.717) is 11.3 Å². The van der Waals surface area contributed by atoms with E-state index in [9.17, 15) is 14.0 Å². The molecule has 32 heavy (non-hydrogen) atoms. The maximum absolute atomic E-state index is 14.7. The zero-order chi connectivity index (χ0) is 22.7. The molecular weight excluding hydrogens is 411 g/mol. The summed E-state index contributed by atoms with van der Waals surface area (Å²) in [5.41, 5.74) is 4.70. The van der Waals surface area contributed by atoms with E-state index in [1.165, 1.54) is 6.07 Å². The van der Waals surface area contributed by atoms with Crippen LogP contribution in [0.1, 0.15) is 37.0 Å². The molecule has 0 saturated carbocycles. The average molecular weight is 434 g/mol. The van der Waals surface area contributed by atoms with Crippen LogP contribution >= 0.6 is 0 Å². The third-order valence-electron chi connectivity index (χ3n) is 5.31. The van der Waals surface area contributed by atoms with Crippen LogP contribution < -0.4 is 16.2 Å². The third kappa shape index (κ3) is 4.72. The second kappa shape index (κ2) is 9.09. The Hall–Kier alpha value is -3.87. The molecule has 0 saturated heterocycles. The Balaban J connectivity index is 1.47. The summed E-state index contributed by atoms with van der Waals surface area (Å²) < 4.78 is 26.3. The van der Waals surface area contributed by atoms with Crippen LogP contribution in [0.15, 0.2) is 86.0 Å². The first-order valence-electron chi connectivity index (χ1n) is 10.3. The van der Waals surface area contributed by atoms with Crippen LogP contribution in [0.25, 0.3) is 5.57 Å². The summed E-state index contributed by atoms with van der Waals surface area (Å²) >= 11 is 0. The van der Waals surface area contributed by atoms with E-state index in [4.69, 9.17) is 9.26 Å². The first kappa shape index (κ1) is 21.4. The molecule has 0 atom stereocenters. The van der Waals surface area contributed by atoms with Crippen LogP contribution in [-0.2, 0) is 13.2 Å². The Morgan fingerprint density at radius 3 is 2.56 bits per heavy atom. The number of aromatic nitrogens is 2. The topological polar surface area (TPSA) is 77.2 Å². The van der Waals surface area contributed by atoms with Gasteiger partial charge in [0, 0.05) is 5.56 Å². The zero-order valence-corrected chi connectivity index (χ0v) is 17.9. The van der Waals surface area contributed by atoms with Crippen molar-refractivity contribution in [3.05, 3.63) is 115 Å². The molecule has 1 aliphatic rings. The van der Waals surface area contributed by atoms with E-state index in [2.05, 4.69) is 6.08 Å². The highest BCUT2D eigenvalue weighted by Crippen LogP contribution is 2.32. The lowest BCUT2D eigenvalue weighted by Crippen LogP contribution is -2.17. The van der Waals surface area contributed by atoms with Gasteiger partial charge in [0.15, 0.2) is 0 Å². The number of hydrogen-bond donors (Lipinski definition) is 1. The monoisotopic (exact) mass is 434 g/mol. The summed E-state index contributed by atoms with van der Waals surface area (Å²) in [6, 6.07) is 12.1. The van der Waals surface area contributed by atoms with Gasteiger partial charge in [0.1, 0.15) is 18.2 Å². The highest BCUT2D eigenvalue weighted by atomic mass is 19.1. The van der Waals surface area contributed by atoms with Crippen LogP contribution in [-0.4, -0.2) is 9.72 Å². The lowest BCUT2D eigenvalue weighted by molar-refractivity contribution is 0.258. The summed E-state index contributed by atoms with van der Waals surface area (Å²) in [6.07, 6.45) is 6.86. The van der Waals surface area contributed by atoms with Gasteiger partial charge in [0.05, 0.1) is 6.54 Å². The van der Waals surface area contributed by atoms with Gasteiger partial charge in [-0.2, -0.15) is 0 Å². The van der Waals surface area contributed by atoms with E-state index >= 15 is 0 Å². The maximum atomic E-state index is 14.7. The number of aromatic amines is 1. The molecule has 0 aliphatic heterocycles. The highest BCUT2D eigenvalue weighted by molar-refractivity contribution is 5.82. The molecule has 0 radical (unpaired) electrons. The highest BCUT2D eigenvalue weighted by Gasteiger charge is 2.15. The molecule has 164 valence electrons. The molecule has 0 fully saturated rings. The Labute approximate surface area is 183 Å². The van der Waals surface area contributed by atoms with Crippen LogP contribution in [0, 0.1) is 5.82 Å². The summed E-state index contributed by atoms with van der Waals surface area (Å²) in [7, 11) is 0. The number of H-pyrrole nitrogens is 1. The molecule has 1 aromatic heterocycles. The lowest BCUT2D eigenvalue weighted by Gasteiger charge is -2.15. The Morgan fingerprint density at radius 1 is 1.09 bits per heavy atom. The standard InChI is InChI=1S/C25H23FN2O4/c1-16-5-3-4-6-17(2)23(16)21-13-19(9-12-22(21)26)15-31-20-10-7-18(8-11-20)14-28-24(29)27-25(30)32-28/h3-5,7-13H,6,14-15H2,1-2H3,(H,27,29,30). The van der Waals surface area contributed by atoms with E-state index in [1.807, 2.05) is 37.0 Å². The van der Waals surface area contributed by atoms with Crippen LogP contribution in [0.2, 0.25) is 0 Å². The predicted molar refractivity (Wildman–Crippen MR) is 120 cm³/mol. The first-order chi connectivity index (χ1) is 15.4. The van der Waals surface area contributed by atoms with Crippen molar-refractivity contribution in [1.82, 2.24) is 9.72 Å². The maximum Gasteiger partial charge on any atom is 0.440 e. The number of allylic oxidation sites excluding steroid dienone is 6. The van der Waals surface area contributed by atoms with Crippen molar-refractivity contribution in [3.63, 3.8) is 0 Å². The van der Waals surface area contributed by atoms with Crippen molar-refractivity contribution in [1.29, 1.82) is 0 Å². The Bertz CT molecular complexity index is 1340. The largest absolute Gasteiger partial charge is 0.489 e. The molecule has 7 heteroatoms. The minimum atomic E-state index is -0.787. The van der Waals surface area contributed by atoms with Crippen molar-refractivity contribution in [2.24, 2.45) is 0 Å². The number of halogens is 1. The molecular formula is C25H23FN2O4. The van der Waals surface area contributed by atoms with Crippen LogP contribution in [0.5, 0.6) is 5.75 Å². The van der Waals surface area contributed by atoms with Crippen molar-refractivity contribution in [2.75, 3.05) is 0 Å². The number of nitrogens with one attached hydrogen (secondary N) is 1.